The van der Waals surface area contributed by atoms with E-state index in [0.717, 1.165) is 5.16 Å². The maximum atomic E-state index is 3.40. The van der Waals surface area contributed by atoms with Crippen molar-refractivity contribution in [3.8, 4) is 0 Å². The molecule has 0 spiro atoms. The molecule has 0 bridgehead atoms. The molecule has 0 saturated heterocycles. The van der Waals surface area contributed by atoms with Crippen molar-refractivity contribution in [1.29, 1.82) is 0 Å². The fourth-order valence-electron chi connectivity index (χ4n) is 8.90. The van der Waals surface area contributed by atoms with Crippen LogP contribution in [0.4, 0.5) is 0 Å². The number of fused-ring (bicyclic) bond motifs is 16. The Morgan fingerprint density at radius 2 is 1.35 bits per heavy atom. The molecule has 0 amide bonds. The summed E-state index contributed by atoms with van der Waals surface area (Å²) in [5, 5.41) is 0.814. The second-order valence-corrected chi connectivity index (χ2v) is 9.69. The van der Waals surface area contributed by atoms with Crippen LogP contribution >= 0.6 is 9.24 Å². The first-order valence-electron chi connectivity index (χ1n) is 8.12. The average Bonchev–Trinajstić information content (AvgIpc) is 2.21. The summed E-state index contributed by atoms with van der Waals surface area (Å²) in [5.74, 6) is 13.6. The number of hydrogen-bond acceptors (Lipinski definition) is 0. The molecule has 7 rings (SSSR count). The highest BCUT2D eigenvalue weighted by Crippen LogP contribution is 2.93. The quantitative estimate of drug-likeness (QED) is 0.454. The first-order valence-corrected chi connectivity index (χ1v) is 8.70. The predicted octanol–water partition coefficient (Wildman–Crippen LogP) is 3.03. The minimum atomic E-state index is 0.814. The van der Waals surface area contributed by atoms with Gasteiger partial charge in [-0.25, -0.2) is 0 Å². The summed E-state index contributed by atoms with van der Waals surface area (Å²) >= 11 is 0. The summed E-state index contributed by atoms with van der Waals surface area (Å²) in [5.41, 5.74) is 0. The van der Waals surface area contributed by atoms with Gasteiger partial charge < -0.3 is 0 Å². The van der Waals surface area contributed by atoms with E-state index < -0.39 is 0 Å². The zero-order valence-electron chi connectivity index (χ0n) is 10.3. The van der Waals surface area contributed by atoms with E-state index >= 15 is 0 Å². The normalized spacial score (nSPS) is 87.0. The monoisotopic (exact) mass is 244 g/mol. The van der Waals surface area contributed by atoms with Gasteiger partial charge in [-0.15, -0.1) is 9.24 Å². The van der Waals surface area contributed by atoms with Gasteiger partial charge in [-0.05, 0) is 95.9 Å². The van der Waals surface area contributed by atoms with Crippen LogP contribution in [-0.4, -0.2) is 5.16 Å². The lowest BCUT2D eigenvalue weighted by Crippen LogP contribution is -2.92. The molecule has 0 aromatic rings. The van der Waals surface area contributed by atoms with Gasteiger partial charge in [-0.2, -0.15) is 0 Å². The van der Waals surface area contributed by atoms with Gasteiger partial charge in [0.2, 0.25) is 0 Å². The van der Waals surface area contributed by atoms with Crippen molar-refractivity contribution in [3.05, 3.63) is 0 Å². The first-order chi connectivity index (χ1) is 8.33. The maximum absolute atomic E-state index is 3.40. The lowest BCUT2D eigenvalue weighted by molar-refractivity contribution is -0.429. The van der Waals surface area contributed by atoms with Crippen molar-refractivity contribution in [1.82, 2.24) is 0 Å². The molecule has 13 unspecified atom stereocenters. The molecule has 7 saturated carbocycles. The maximum Gasteiger partial charge on any atom is -0.00517 e. The van der Waals surface area contributed by atoms with Crippen LogP contribution in [0.2, 0.25) is 0 Å². The fourth-order valence-corrected chi connectivity index (χ4v) is 10.2. The molecule has 0 nitrogen and oxygen atoms in total. The number of hydrogen-bond donors (Lipinski definition) is 0. The molecular formula is C16H21P. The van der Waals surface area contributed by atoms with Gasteiger partial charge in [0.25, 0.3) is 0 Å². The van der Waals surface area contributed by atoms with Gasteiger partial charge in [0.1, 0.15) is 0 Å². The zero-order chi connectivity index (χ0) is 10.7. The molecule has 90 valence electrons. The molecule has 0 heterocycles. The molecule has 0 radical (unpaired) electrons. The Morgan fingerprint density at radius 3 is 2.00 bits per heavy atom. The van der Waals surface area contributed by atoms with Crippen molar-refractivity contribution in [2.75, 3.05) is 0 Å². The van der Waals surface area contributed by atoms with Gasteiger partial charge in [-0.1, -0.05) is 0 Å². The van der Waals surface area contributed by atoms with Crippen LogP contribution < -0.4 is 0 Å². The van der Waals surface area contributed by atoms with E-state index in [1.165, 1.54) is 65.1 Å². The summed E-state index contributed by atoms with van der Waals surface area (Å²) in [6.07, 6.45) is 6.43. The summed E-state index contributed by atoms with van der Waals surface area (Å²) in [7, 11) is 3.40. The SMILES string of the molecule is PC12C3CCC3C1C1C3C4C5CCC5C4C3C12. The van der Waals surface area contributed by atoms with E-state index in [1.54, 1.807) is 25.7 Å². The smallest absolute Gasteiger partial charge is 0.00517 e. The molecule has 0 aliphatic heterocycles. The molecule has 7 aliphatic rings. The summed E-state index contributed by atoms with van der Waals surface area (Å²) < 4.78 is 0. The first kappa shape index (κ1) is 8.57. The standard InChI is InChI=1S/C16H21P/c17-16-8-4-3-7(8)14(16)13-11-9-5-1-2-6(5)10(9)12(11)15(13)16/h5-15H,1-4,17H2. The van der Waals surface area contributed by atoms with Gasteiger partial charge >= 0.3 is 0 Å². The Hall–Kier alpha value is 0.430. The Bertz CT molecular complexity index is 466. The van der Waals surface area contributed by atoms with E-state index in [2.05, 4.69) is 9.24 Å². The van der Waals surface area contributed by atoms with Crippen LogP contribution in [0.15, 0.2) is 0 Å². The van der Waals surface area contributed by atoms with Crippen LogP contribution in [0.25, 0.3) is 0 Å². The van der Waals surface area contributed by atoms with E-state index in [4.69, 9.17) is 0 Å². The van der Waals surface area contributed by atoms with Crippen LogP contribution in [0.3, 0.4) is 0 Å². The third-order valence-electron chi connectivity index (χ3n) is 9.42. The lowest BCUT2D eigenvalue weighted by atomic mass is 9.13. The Labute approximate surface area is 106 Å². The van der Waals surface area contributed by atoms with Gasteiger partial charge in [0, 0.05) is 0 Å². The molecule has 0 aromatic carbocycles. The van der Waals surface area contributed by atoms with E-state index in [1.807, 2.05) is 0 Å². The second kappa shape index (κ2) is 2.07. The molecule has 7 fully saturated rings. The zero-order valence-corrected chi connectivity index (χ0v) is 11.4. The van der Waals surface area contributed by atoms with Gasteiger partial charge in [0.05, 0.1) is 0 Å². The van der Waals surface area contributed by atoms with Gasteiger partial charge in [0.15, 0.2) is 0 Å². The highest BCUT2D eigenvalue weighted by molar-refractivity contribution is 7.19. The average molecular weight is 244 g/mol. The molecule has 0 N–H and O–H groups in total. The highest BCUT2D eigenvalue weighted by Gasteiger charge is 2.90. The molecular weight excluding hydrogens is 223 g/mol. The molecule has 0 aromatic heterocycles. The molecule has 1 heteroatoms. The van der Waals surface area contributed by atoms with Crippen LogP contribution in [-0.2, 0) is 0 Å². The summed E-state index contributed by atoms with van der Waals surface area (Å²) in [4.78, 5) is 0. The lowest BCUT2D eigenvalue weighted by Gasteiger charge is -2.94. The molecule has 7 aliphatic carbocycles. The topological polar surface area (TPSA) is 0 Å². The molecule has 17 heavy (non-hydrogen) atoms. The van der Waals surface area contributed by atoms with Crippen molar-refractivity contribution < 1.29 is 0 Å². The molecule has 13 atom stereocenters. The predicted molar refractivity (Wildman–Crippen MR) is 69.3 cm³/mol. The highest BCUT2D eigenvalue weighted by atomic mass is 31.0. The minimum Gasteiger partial charge on any atom is -0.130 e. The van der Waals surface area contributed by atoms with Crippen molar-refractivity contribution >= 4 is 9.24 Å². The summed E-state index contributed by atoms with van der Waals surface area (Å²) in [6.45, 7) is 0. The largest absolute Gasteiger partial charge is 0.130 e. The third-order valence-corrected chi connectivity index (χ3v) is 10.6. The number of rotatable bonds is 0. The summed E-state index contributed by atoms with van der Waals surface area (Å²) in [6, 6.07) is 0. The van der Waals surface area contributed by atoms with Crippen molar-refractivity contribution in [3.63, 3.8) is 0 Å². The Kier molecular flexibility index (Phi) is 1.05. The van der Waals surface area contributed by atoms with Crippen molar-refractivity contribution in [2.24, 2.45) is 65.1 Å². The second-order valence-electron chi connectivity index (χ2n) is 8.69. The van der Waals surface area contributed by atoms with Crippen molar-refractivity contribution in [2.45, 2.75) is 30.8 Å². The Morgan fingerprint density at radius 1 is 0.647 bits per heavy atom. The van der Waals surface area contributed by atoms with Crippen LogP contribution in [0.5, 0.6) is 0 Å². The van der Waals surface area contributed by atoms with Crippen LogP contribution in [0, 0.1) is 65.1 Å². The van der Waals surface area contributed by atoms with E-state index in [9.17, 15) is 0 Å². The van der Waals surface area contributed by atoms with Gasteiger partial charge in [-0.3, -0.25) is 0 Å². The van der Waals surface area contributed by atoms with Crippen LogP contribution in [0.1, 0.15) is 25.7 Å². The van der Waals surface area contributed by atoms with E-state index in [0.29, 0.717) is 0 Å². The Balaban J connectivity index is 1.30. The van der Waals surface area contributed by atoms with E-state index in [-0.39, 0.29) is 0 Å². The minimum absolute atomic E-state index is 0.814. The third kappa shape index (κ3) is 0.529. The fraction of sp³-hybridized carbons (Fsp3) is 1.00.